The van der Waals surface area contributed by atoms with Crippen LogP contribution in [0.15, 0.2) is 70.6 Å². The van der Waals surface area contributed by atoms with E-state index in [1.54, 1.807) is 6.07 Å². The highest BCUT2D eigenvalue weighted by Gasteiger charge is 2.36. The quantitative estimate of drug-likeness (QED) is 0.0439. The van der Waals surface area contributed by atoms with Crippen molar-refractivity contribution in [2.24, 2.45) is 11.7 Å². The molecule has 4 aromatic rings. The maximum Gasteiger partial charge on any atom is 0.296 e. The number of rotatable bonds is 15. The van der Waals surface area contributed by atoms with E-state index in [0.717, 1.165) is 6.07 Å². The molecule has 52 heavy (non-hydrogen) atoms. The molecule has 3 aromatic carbocycles. The first kappa shape index (κ1) is 38.2. The summed E-state index contributed by atoms with van der Waals surface area (Å²) in [6.45, 7) is 3.75. The number of hydrogen-bond donors (Lipinski definition) is 7. The van der Waals surface area contributed by atoms with Crippen molar-refractivity contribution in [1.82, 2.24) is 25.6 Å². The maximum absolute atomic E-state index is 13.6. The highest BCUT2D eigenvalue weighted by atomic mass is 32.2. The first-order chi connectivity index (χ1) is 24.5. The van der Waals surface area contributed by atoms with Crippen molar-refractivity contribution >= 4 is 54.5 Å². The maximum atomic E-state index is 13.6. The average molecular weight is 755 g/mol. The van der Waals surface area contributed by atoms with E-state index in [1.807, 2.05) is 13.8 Å². The highest BCUT2D eigenvalue weighted by molar-refractivity contribution is 7.91. The molecular weight excluding hydrogens is 717 g/mol. The summed E-state index contributed by atoms with van der Waals surface area (Å²) in [4.78, 5) is 38.2. The van der Waals surface area contributed by atoms with Gasteiger partial charge < -0.3 is 32.5 Å². The van der Waals surface area contributed by atoms with Gasteiger partial charge in [0.15, 0.2) is 21.4 Å². The highest BCUT2D eigenvalue weighted by Crippen LogP contribution is 2.40. The smallest absolute Gasteiger partial charge is 0.296 e. The van der Waals surface area contributed by atoms with Crippen molar-refractivity contribution in [2.75, 3.05) is 29.9 Å². The fourth-order valence-corrected chi connectivity index (χ4v) is 7.43. The van der Waals surface area contributed by atoms with Crippen molar-refractivity contribution in [3.8, 4) is 0 Å². The van der Waals surface area contributed by atoms with Gasteiger partial charge in [0.1, 0.15) is 4.90 Å². The van der Waals surface area contributed by atoms with Gasteiger partial charge in [-0.2, -0.15) is 8.42 Å². The average Bonchev–Trinajstić information content (AvgIpc) is 3.54. The third kappa shape index (κ3) is 8.19. The number of ketones is 2. The van der Waals surface area contributed by atoms with Crippen LogP contribution >= 0.6 is 0 Å². The number of anilines is 3. The SMILES string of the molecule is CC(C)C(N)C(=O)NCC(O)Cn1nncc1CNCCS(=O)(=O)c1cccc(Nc2cc(S(=O)(=O)O)c(N)c3c2C(=O)c2ccccc2C3=O)c1. The Hall–Kier alpha value is -5.05. The third-order valence-electron chi connectivity index (χ3n) is 8.42. The standard InChI is InChI=1S/C33H38N8O9S2/c1-18(2)29(34)33(45)37-16-21(42)17-41-20(15-38-40-41)14-36-10-11-51(46,47)22-7-5-6-19(12-22)39-25-13-26(52(48,49)50)30(35)28-27(25)31(43)23-8-3-4-9-24(23)32(28)44/h3-9,12-13,15,18,21,29,36,39,42H,10-11,14,16-17,34-35H2,1-2H3,(H,37,45)(H,48,49,50). The molecule has 9 N–H and O–H groups in total. The lowest BCUT2D eigenvalue weighted by Crippen LogP contribution is -2.46. The van der Waals surface area contributed by atoms with E-state index in [2.05, 4.69) is 26.3 Å². The molecule has 1 aromatic heterocycles. The Morgan fingerprint density at radius 3 is 2.31 bits per heavy atom. The number of nitrogens with zero attached hydrogens (tertiary/aromatic N) is 3. The van der Waals surface area contributed by atoms with Crippen LogP contribution in [-0.4, -0.2) is 90.0 Å². The van der Waals surface area contributed by atoms with Gasteiger partial charge in [0, 0.05) is 36.4 Å². The zero-order valence-corrected chi connectivity index (χ0v) is 29.7. The first-order valence-electron chi connectivity index (χ1n) is 16.0. The molecule has 0 saturated heterocycles. The molecule has 276 valence electrons. The van der Waals surface area contributed by atoms with Crippen LogP contribution in [0.25, 0.3) is 0 Å². The monoisotopic (exact) mass is 754 g/mol. The molecule has 0 bridgehead atoms. The summed E-state index contributed by atoms with van der Waals surface area (Å²) in [6, 6.07) is 11.7. The van der Waals surface area contributed by atoms with Gasteiger partial charge in [0.25, 0.3) is 10.1 Å². The predicted molar refractivity (Wildman–Crippen MR) is 189 cm³/mol. The molecule has 0 spiro atoms. The number of amides is 1. The predicted octanol–water partition coefficient (Wildman–Crippen LogP) is 0.650. The van der Waals surface area contributed by atoms with Crippen LogP contribution in [0.4, 0.5) is 17.1 Å². The van der Waals surface area contributed by atoms with E-state index in [-0.39, 0.29) is 76.7 Å². The molecule has 19 heteroatoms. The topological polar surface area (TPSA) is 279 Å². The second-order valence-electron chi connectivity index (χ2n) is 12.5. The number of fused-ring (bicyclic) bond motifs is 2. The first-order valence-corrected chi connectivity index (χ1v) is 19.1. The number of aliphatic hydroxyl groups excluding tert-OH is 1. The molecule has 5 rings (SSSR count). The van der Waals surface area contributed by atoms with Crippen molar-refractivity contribution in [3.05, 3.63) is 88.7 Å². The van der Waals surface area contributed by atoms with Crippen LogP contribution in [0, 0.1) is 5.92 Å². The number of nitrogen functional groups attached to an aromatic ring is 1. The second-order valence-corrected chi connectivity index (χ2v) is 16.0. The van der Waals surface area contributed by atoms with E-state index in [1.165, 1.54) is 53.3 Å². The van der Waals surface area contributed by atoms with E-state index < -0.39 is 59.8 Å². The van der Waals surface area contributed by atoms with Gasteiger partial charge in [-0.15, -0.1) is 5.10 Å². The Morgan fingerprint density at radius 2 is 1.65 bits per heavy atom. The van der Waals surface area contributed by atoms with Gasteiger partial charge in [-0.1, -0.05) is 49.4 Å². The summed E-state index contributed by atoms with van der Waals surface area (Å²) in [6.07, 6.45) is 0.467. The molecule has 0 fully saturated rings. The van der Waals surface area contributed by atoms with E-state index in [0.29, 0.717) is 5.69 Å². The van der Waals surface area contributed by atoms with Crippen LogP contribution < -0.4 is 27.4 Å². The lowest BCUT2D eigenvalue weighted by Gasteiger charge is -2.23. The van der Waals surface area contributed by atoms with Crippen LogP contribution in [0.3, 0.4) is 0 Å². The summed E-state index contributed by atoms with van der Waals surface area (Å²) >= 11 is 0. The number of carbonyl (C=O) groups excluding carboxylic acids is 3. The van der Waals surface area contributed by atoms with Gasteiger partial charge in [0.05, 0.1) is 63.7 Å². The number of nitrogens with two attached hydrogens (primary N) is 2. The fraction of sp³-hybridized carbons (Fsp3) is 0.303. The van der Waals surface area contributed by atoms with Crippen molar-refractivity contribution in [2.45, 2.75) is 48.9 Å². The van der Waals surface area contributed by atoms with E-state index in [9.17, 15) is 40.9 Å². The number of aromatic nitrogens is 3. The molecule has 1 amide bonds. The Kier molecular flexibility index (Phi) is 11.2. The zero-order chi connectivity index (χ0) is 38.0. The van der Waals surface area contributed by atoms with Gasteiger partial charge in [-0.05, 0) is 30.2 Å². The molecule has 0 radical (unpaired) electrons. The molecule has 2 atom stereocenters. The zero-order valence-electron chi connectivity index (χ0n) is 28.1. The Labute approximate surface area is 299 Å². The minimum absolute atomic E-state index is 0.0100. The van der Waals surface area contributed by atoms with Gasteiger partial charge >= 0.3 is 0 Å². The van der Waals surface area contributed by atoms with E-state index in [4.69, 9.17) is 11.5 Å². The van der Waals surface area contributed by atoms with Crippen LogP contribution in [-0.2, 0) is 37.8 Å². The summed E-state index contributed by atoms with van der Waals surface area (Å²) in [7, 11) is -8.85. The summed E-state index contributed by atoms with van der Waals surface area (Å²) in [5.41, 5.74) is 11.2. The summed E-state index contributed by atoms with van der Waals surface area (Å²) < 4.78 is 62.5. The fourth-order valence-electron chi connectivity index (χ4n) is 5.54. The Morgan fingerprint density at radius 1 is 0.981 bits per heavy atom. The van der Waals surface area contributed by atoms with Crippen molar-refractivity contribution < 1.29 is 40.9 Å². The summed E-state index contributed by atoms with van der Waals surface area (Å²) in [5.74, 6) is -2.13. The normalized spacial score (nSPS) is 14.1. The molecule has 1 aliphatic carbocycles. The van der Waals surface area contributed by atoms with Crippen LogP contribution in [0.5, 0.6) is 0 Å². The van der Waals surface area contributed by atoms with Gasteiger partial charge in [-0.25, -0.2) is 13.1 Å². The molecule has 0 aliphatic heterocycles. The van der Waals surface area contributed by atoms with Crippen LogP contribution in [0.2, 0.25) is 0 Å². The van der Waals surface area contributed by atoms with E-state index >= 15 is 0 Å². The molecular formula is C33H38N8O9S2. The van der Waals surface area contributed by atoms with Gasteiger partial charge in [0.2, 0.25) is 5.91 Å². The number of nitrogens with one attached hydrogen (secondary N) is 3. The molecule has 2 unspecified atom stereocenters. The number of aliphatic hydroxyl groups is 1. The summed E-state index contributed by atoms with van der Waals surface area (Å²) in [5, 5.41) is 26.6. The number of benzene rings is 3. The number of hydrogen-bond acceptors (Lipinski definition) is 14. The van der Waals surface area contributed by atoms with Crippen molar-refractivity contribution in [1.29, 1.82) is 0 Å². The second kappa shape index (κ2) is 15.3. The lowest BCUT2D eigenvalue weighted by atomic mass is 9.82. The number of carbonyl (C=O) groups is 3. The molecule has 0 saturated carbocycles. The molecule has 1 heterocycles. The van der Waals surface area contributed by atoms with Crippen molar-refractivity contribution in [3.63, 3.8) is 0 Å². The Bertz CT molecular complexity index is 2260. The largest absolute Gasteiger partial charge is 0.397 e. The Balaban J connectivity index is 1.27. The minimum Gasteiger partial charge on any atom is -0.397 e. The molecule has 1 aliphatic rings. The number of sulfone groups is 1. The van der Waals surface area contributed by atoms with Crippen LogP contribution in [0.1, 0.15) is 51.4 Å². The third-order valence-corrected chi connectivity index (χ3v) is 11.0. The lowest BCUT2D eigenvalue weighted by molar-refractivity contribution is -0.123. The van der Waals surface area contributed by atoms with Gasteiger partial charge in [-0.3, -0.25) is 18.9 Å². The molecule has 17 nitrogen and oxygen atoms in total. The minimum atomic E-state index is -4.95.